The first-order chi connectivity index (χ1) is 8.72. The van der Waals surface area contributed by atoms with Crippen molar-refractivity contribution in [1.29, 1.82) is 0 Å². The van der Waals surface area contributed by atoms with Crippen molar-refractivity contribution in [1.82, 2.24) is 15.0 Å². The van der Waals surface area contributed by atoms with E-state index in [0.717, 1.165) is 41.5 Å². The van der Waals surface area contributed by atoms with Crippen LogP contribution in [0.25, 0.3) is 0 Å². The van der Waals surface area contributed by atoms with E-state index in [9.17, 15) is 4.79 Å². The normalized spacial score (nSPS) is 14.1. The summed E-state index contributed by atoms with van der Waals surface area (Å²) in [6.07, 6.45) is 2.37. The van der Waals surface area contributed by atoms with Crippen molar-refractivity contribution in [2.24, 2.45) is 0 Å². The molecule has 2 aromatic rings. The zero-order valence-electron chi connectivity index (χ0n) is 10.1. The maximum absolute atomic E-state index is 11.9. The quantitative estimate of drug-likeness (QED) is 0.860. The van der Waals surface area contributed by atoms with E-state index in [1.165, 1.54) is 0 Å². The fourth-order valence-electron chi connectivity index (χ4n) is 2.14. The minimum Gasteiger partial charge on any atom is -0.370 e. The van der Waals surface area contributed by atoms with Crippen molar-refractivity contribution in [3.05, 3.63) is 37.8 Å². The summed E-state index contributed by atoms with van der Waals surface area (Å²) in [7, 11) is 0. The van der Waals surface area contributed by atoms with Crippen LogP contribution in [0.3, 0.4) is 0 Å². The Hall–Kier alpha value is -1.69. The fraction of sp³-hybridized carbons (Fsp3) is 0.417. The van der Waals surface area contributed by atoms with Crippen molar-refractivity contribution < 1.29 is 0 Å². The van der Waals surface area contributed by atoms with E-state index in [0.29, 0.717) is 12.2 Å². The zero-order chi connectivity index (χ0) is 12.5. The van der Waals surface area contributed by atoms with Crippen LogP contribution < -0.4 is 10.9 Å². The molecule has 94 valence electrons. The van der Waals surface area contributed by atoms with E-state index < -0.39 is 0 Å². The number of thiazole rings is 1. The molecule has 3 heterocycles. The second kappa shape index (κ2) is 4.53. The molecule has 0 unspecified atom stereocenters. The Bertz CT molecular complexity index is 631. The molecule has 1 aliphatic heterocycles. The number of fused-ring (bicyclic) bond motifs is 1. The van der Waals surface area contributed by atoms with Crippen LogP contribution in [-0.4, -0.2) is 21.5 Å². The summed E-state index contributed by atoms with van der Waals surface area (Å²) in [4.78, 5) is 23.6. The van der Waals surface area contributed by atoms with Gasteiger partial charge in [-0.1, -0.05) is 0 Å². The lowest BCUT2D eigenvalue weighted by Gasteiger charge is -2.16. The monoisotopic (exact) mass is 262 g/mol. The molecule has 0 atom stereocenters. The number of aromatic amines is 1. The molecule has 0 aliphatic carbocycles. The summed E-state index contributed by atoms with van der Waals surface area (Å²) in [6.45, 7) is 2.86. The van der Waals surface area contributed by atoms with Gasteiger partial charge in [-0.2, -0.15) is 0 Å². The largest absolute Gasteiger partial charge is 0.370 e. The average Bonchev–Trinajstić information content (AvgIpc) is 2.75. The summed E-state index contributed by atoms with van der Waals surface area (Å²) < 4.78 is 0. The lowest BCUT2D eigenvalue weighted by atomic mass is 10.1. The van der Waals surface area contributed by atoms with Crippen LogP contribution in [0.4, 0.5) is 5.82 Å². The lowest BCUT2D eigenvalue weighted by molar-refractivity contribution is 0.782. The van der Waals surface area contributed by atoms with Gasteiger partial charge in [0.15, 0.2) is 0 Å². The van der Waals surface area contributed by atoms with Crippen LogP contribution in [0.5, 0.6) is 0 Å². The van der Waals surface area contributed by atoms with Gasteiger partial charge in [0.1, 0.15) is 11.6 Å². The molecular formula is C12H14N4OS. The number of hydrogen-bond donors (Lipinski definition) is 2. The van der Waals surface area contributed by atoms with Gasteiger partial charge in [-0.05, 0) is 19.8 Å². The maximum Gasteiger partial charge on any atom is 0.256 e. The SMILES string of the molecule is Cc1nc(Cc2nc3c(c(=O)[nH]2)CCCN3)cs1. The highest BCUT2D eigenvalue weighted by Crippen LogP contribution is 2.16. The Morgan fingerprint density at radius 2 is 2.33 bits per heavy atom. The Morgan fingerprint density at radius 1 is 1.44 bits per heavy atom. The Kier molecular flexibility index (Phi) is 2.87. The lowest BCUT2D eigenvalue weighted by Crippen LogP contribution is -2.25. The predicted molar refractivity (Wildman–Crippen MR) is 71.3 cm³/mol. The highest BCUT2D eigenvalue weighted by Gasteiger charge is 2.15. The summed E-state index contributed by atoms with van der Waals surface area (Å²) >= 11 is 1.61. The van der Waals surface area contributed by atoms with Crippen LogP contribution >= 0.6 is 11.3 Å². The molecule has 0 amide bonds. The topological polar surface area (TPSA) is 70.7 Å². The van der Waals surface area contributed by atoms with Crippen molar-refractivity contribution in [3.8, 4) is 0 Å². The van der Waals surface area contributed by atoms with E-state index in [1.807, 2.05) is 12.3 Å². The molecule has 2 N–H and O–H groups in total. The number of nitrogens with zero attached hydrogens (tertiary/aromatic N) is 2. The highest BCUT2D eigenvalue weighted by molar-refractivity contribution is 7.09. The first-order valence-corrected chi connectivity index (χ1v) is 6.87. The van der Waals surface area contributed by atoms with Gasteiger partial charge in [0, 0.05) is 18.3 Å². The third-order valence-electron chi connectivity index (χ3n) is 2.98. The minimum absolute atomic E-state index is 0.0193. The van der Waals surface area contributed by atoms with Crippen LogP contribution in [0, 0.1) is 6.92 Å². The van der Waals surface area contributed by atoms with Crippen molar-refractivity contribution >= 4 is 17.2 Å². The molecular weight excluding hydrogens is 248 g/mol. The number of aromatic nitrogens is 3. The van der Waals surface area contributed by atoms with Gasteiger partial charge < -0.3 is 10.3 Å². The van der Waals surface area contributed by atoms with E-state index in [-0.39, 0.29) is 5.56 Å². The summed E-state index contributed by atoms with van der Waals surface area (Å²) in [5.74, 6) is 1.42. The molecule has 0 radical (unpaired) electrons. The number of hydrogen-bond acceptors (Lipinski definition) is 5. The van der Waals surface area contributed by atoms with Crippen LogP contribution in [-0.2, 0) is 12.8 Å². The zero-order valence-corrected chi connectivity index (χ0v) is 10.9. The number of aryl methyl sites for hydroxylation is 1. The van der Waals surface area contributed by atoms with Gasteiger partial charge in [-0.3, -0.25) is 4.79 Å². The fourth-order valence-corrected chi connectivity index (χ4v) is 2.75. The summed E-state index contributed by atoms with van der Waals surface area (Å²) in [6, 6.07) is 0. The van der Waals surface area contributed by atoms with Crippen molar-refractivity contribution in [2.75, 3.05) is 11.9 Å². The first kappa shape index (κ1) is 11.4. The molecule has 0 bridgehead atoms. The second-order valence-corrected chi connectivity index (χ2v) is 5.47. The molecule has 18 heavy (non-hydrogen) atoms. The third-order valence-corrected chi connectivity index (χ3v) is 3.80. The van der Waals surface area contributed by atoms with Crippen LogP contribution in [0.1, 0.15) is 28.5 Å². The summed E-state index contributed by atoms with van der Waals surface area (Å²) in [5.41, 5.74) is 1.71. The standard InChI is InChI=1S/C12H14N4OS/c1-7-14-8(6-18-7)5-10-15-11-9(12(17)16-10)3-2-4-13-11/h6H,2-5H2,1H3,(H2,13,15,16,17). The van der Waals surface area contributed by atoms with Gasteiger partial charge in [0.05, 0.1) is 16.3 Å². The van der Waals surface area contributed by atoms with E-state index in [2.05, 4.69) is 20.3 Å². The third kappa shape index (κ3) is 2.15. The smallest absolute Gasteiger partial charge is 0.256 e. The minimum atomic E-state index is -0.0193. The van der Waals surface area contributed by atoms with Gasteiger partial charge >= 0.3 is 0 Å². The van der Waals surface area contributed by atoms with Crippen LogP contribution in [0.15, 0.2) is 10.2 Å². The molecule has 0 saturated carbocycles. The molecule has 6 heteroatoms. The maximum atomic E-state index is 11.9. The number of H-pyrrole nitrogens is 1. The molecule has 0 fully saturated rings. The van der Waals surface area contributed by atoms with Crippen molar-refractivity contribution in [3.63, 3.8) is 0 Å². The van der Waals surface area contributed by atoms with Crippen molar-refractivity contribution in [2.45, 2.75) is 26.2 Å². The van der Waals surface area contributed by atoms with E-state index in [4.69, 9.17) is 0 Å². The average molecular weight is 262 g/mol. The summed E-state index contributed by atoms with van der Waals surface area (Å²) in [5, 5.41) is 6.22. The highest BCUT2D eigenvalue weighted by atomic mass is 32.1. The molecule has 5 nitrogen and oxygen atoms in total. The Balaban J connectivity index is 1.93. The van der Waals surface area contributed by atoms with Gasteiger partial charge in [0.25, 0.3) is 5.56 Å². The number of nitrogens with one attached hydrogen (secondary N) is 2. The van der Waals surface area contributed by atoms with Crippen LogP contribution in [0.2, 0.25) is 0 Å². The molecule has 0 saturated heterocycles. The van der Waals surface area contributed by atoms with Gasteiger partial charge in [-0.25, -0.2) is 9.97 Å². The van der Waals surface area contributed by atoms with Gasteiger partial charge in [-0.15, -0.1) is 11.3 Å². The predicted octanol–water partition coefficient (Wildman–Crippen LogP) is 1.48. The Labute approximate surface area is 108 Å². The molecule has 2 aromatic heterocycles. The molecule has 3 rings (SSSR count). The molecule has 0 aromatic carbocycles. The Morgan fingerprint density at radius 3 is 3.11 bits per heavy atom. The number of anilines is 1. The second-order valence-electron chi connectivity index (χ2n) is 4.40. The number of rotatable bonds is 2. The van der Waals surface area contributed by atoms with E-state index in [1.54, 1.807) is 11.3 Å². The van der Waals surface area contributed by atoms with E-state index >= 15 is 0 Å². The van der Waals surface area contributed by atoms with Gasteiger partial charge in [0.2, 0.25) is 0 Å². The molecule has 1 aliphatic rings. The molecule has 0 spiro atoms. The first-order valence-electron chi connectivity index (χ1n) is 5.99.